The van der Waals surface area contributed by atoms with Crippen molar-refractivity contribution in [1.82, 2.24) is 20.2 Å². The van der Waals surface area contributed by atoms with E-state index in [1.165, 1.54) is 0 Å². The number of anilines is 1. The molecule has 1 aliphatic carbocycles. The van der Waals surface area contributed by atoms with Gasteiger partial charge in [0.05, 0.1) is 7.11 Å². The summed E-state index contributed by atoms with van der Waals surface area (Å²) >= 11 is 0. The lowest BCUT2D eigenvalue weighted by atomic mass is 10.1. The largest absolute Gasteiger partial charge is 0.480 e. The molecule has 2 aromatic heterocycles. The van der Waals surface area contributed by atoms with E-state index in [9.17, 15) is 4.79 Å². The van der Waals surface area contributed by atoms with E-state index in [1.54, 1.807) is 7.11 Å². The lowest BCUT2D eigenvalue weighted by Gasteiger charge is -2.34. The Kier molecular flexibility index (Phi) is 5.43. The maximum atomic E-state index is 12.9. The van der Waals surface area contributed by atoms with Crippen molar-refractivity contribution >= 4 is 11.7 Å². The summed E-state index contributed by atoms with van der Waals surface area (Å²) < 4.78 is 5.38. The number of methoxy groups -OCH3 is 1. The number of likely N-dealkylation sites (N-methyl/N-ethyl adjacent to an activating group) is 1. The molecular formula is C21H27N5O2. The van der Waals surface area contributed by atoms with Gasteiger partial charge in [-0.05, 0) is 44.0 Å². The molecule has 1 amide bonds. The van der Waals surface area contributed by atoms with Crippen LogP contribution in [0.2, 0.25) is 0 Å². The number of hydrogen-bond acceptors (Lipinski definition) is 6. The number of carbonyl (C=O) groups is 1. The highest BCUT2D eigenvalue weighted by Crippen LogP contribution is 2.26. The van der Waals surface area contributed by atoms with E-state index in [-0.39, 0.29) is 5.91 Å². The number of rotatable bonds is 5. The van der Waals surface area contributed by atoms with E-state index in [0.29, 0.717) is 18.0 Å². The molecule has 2 aromatic rings. The van der Waals surface area contributed by atoms with E-state index < -0.39 is 0 Å². The monoisotopic (exact) mass is 381 g/mol. The minimum Gasteiger partial charge on any atom is -0.480 e. The molecule has 1 saturated heterocycles. The summed E-state index contributed by atoms with van der Waals surface area (Å²) in [6, 6.07) is 5.88. The van der Waals surface area contributed by atoms with Crippen LogP contribution >= 0.6 is 0 Å². The fourth-order valence-electron chi connectivity index (χ4n) is 3.91. The quantitative estimate of drug-likeness (QED) is 0.849. The number of aromatic nitrogens is 2. The second kappa shape index (κ2) is 8.14. The molecule has 0 spiro atoms. The molecule has 4 rings (SSSR count). The molecule has 7 nitrogen and oxygen atoms in total. The SMILES string of the molecule is COc1nc2c(cc1C(=O)NCc1cccnc1N1CCN(C)CC1)CCC2. The number of fused-ring (bicyclic) bond motifs is 1. The van der Waals surface area contributed by atoms with Crippen molar-refractivity contribution in [3.63, 3.8) is 0 Å². The highest BCUT2D eigenvalue weighted by Gasteiger charge is 2.22. The Balaban J connectivity index is 1.49. The first kappa shape index (κ1) is 18.7. The van der Waals surface area contributed by atoms with Crippen LogP contribution in [0.5, 0.6) is 5.88 Å². The topological polar surface area (TPSA) is 70.6 Å². The van der Waals surface area contributed by atoms with Crippen LogP contribution in [-0.4, -0.2) is 61.1 Å². The molecule has 0 unspecified atom stereocenters. The molecule has 2 aliphatic rings. The van der Waals surface area contributed by atoms with Crippen LogP contribution in [0, 0.1) is 0 Å². The molecule has 28 heavy (non-hydrogen) atoms. The van der Waals surface area contributed by atoms with E-state index in [0.717, 1.165) is 68.1 Å². The second-order valence-electron chi connectivity index (χ2n) is 7.46. The van der Waals surface area contributed by atoms with Gasteiger partial charge in [0.2, 0.25) is 5.88 Å². The average molecular weight is 381 g/mol. The molecule has 148 valence electrons. The van der Waals surface area contributed by atoms with Gasteiger partial charge in [0.1, 0.15) is 11.4 Å². The third-order valence-electron chi connectivity index (χ3n) is 5.56. The average Bonchev–Trinajstić information content (AvgIpc) is 3.19. The number of nitrogens with zero attached hydrogens (tertiary/aromatic N) is 4. The summed E-state index contributed by atoms with van der Waals surface area (Å²) in [4.78, 5) is 26.6. The summed E-state index contributed by atoms with van der Waals surface area (Å²) in [5, 5.41) is 3.03. The highest BCUT2D eigenvalue weighted by molar-refractivity contribution is 5.96. The number of nitrogens with one attached hydrogen (secondary N) is 1. The molecule has 0 aromatic carbocycles. The molecule has 1 N–H and O–H groups in total. The van der Waals surface area contributed by atoms with Crippen molar-refractivity contribution in [3.8, 4) is 5.88 Å². The zero-order chi connectivity index (χ0) is 19.5. The molecular weight excluding hydrogens is 354 g/mol. The van der Waals surface area contributed by atoms with Gasteiger partial charge >= 0.3 is 0 Å². The summed E-state index contributed by atoms with van der Waals surface area (Å²) in [6.45, 7) is 4.34. The number of amides is 1. The zero-order valence-electron chi connectivity index (χ0n) is 16.6. The number of hydrogen-bond donors (Lipinski definition) is 1. The van der Waals surface area contributed by atoms with Crippen LogP contribution < -0.4 is 15.0 Å². The number of pyridine rings is 2. The first-order chi connectivity index (χ1) is 13.7. The summed E-state index contributed by atoms with van der Waals surface area (Å²) in [5.74, 6) is 1.20. The Hall–Kier alpha value is -2.67. The summed E-state index contributed by atoms with van der Waals surface area (Å²) in [7, 11) is 3.70. The molecule has 1 fully saturated rings. The van der Waals surface area contributed by atoms with Gasteiger partial charge < -0.3 is 19.9 Å². The van der Waals surface area contributed by atoms with Crippen molar-refractivity contribution in [2.45, 2.75) is 25.8 Å². The second-order valence-corrected chi connectivity index (χ2v) is 7.46. The predicted molar refractivity (Wildman–Crippen MR) is 108 cm³/mol. The van der Waals surface area contributed by atoms with Gasteiger partial charge in [-0.15, -0.1) is 0 Å². The Bertz CT molecular complexity index is 862. The van der Waals surface area contributed by atoms with Gasteiger partial charge in [0, 0.05) is 50.2 Å². The smallest absolute Gasteiger partial charge is 0.257 e. The van der Waals surface area contributed by atoms with Crippen molar-refractivity contribution in [2.24, 2.45) is 0 Å². The third-order valence-corrected chi connectivity index (χ3v) is 5.56. The minimum absolute atomic E-state index is 0.160. The van der Waals surface area contributed by atoms with Gasteiger partial charge in [-0.1, -0.05) is 6.07 Å². The maximum absolute atomic E-state index is 12.9. The summed E-state index contributed by atoms with van der Waals surface area (Å²) in [5.41, 5.74) is 3.74. The van der Waals surface area contributed by atoms with Crippen molar-refractivity contribution < 1.29 is 9.53 Å². The van der Waals surface area contributed by atoms with Crippen molar-refractivity contribution in [3.05, 3.63) is 46.8 Å². The maximum Gasteiger partial charge on any atom is 0.257 e. The van der Waals surface area contributed by atoms with Crippen LogP contribution in [0.4, 0.5) is 5.82 Å². The van der Waals surface area contributed by atoms with Gasteiger partial charge in [-0.25, -0.2) is 9.97 Å². The van der Waals surface area contributed by atoms with Gasteiger partial charge in [0.15, 0.2) is 0 Å². The van der Waals surface area contributed by atoms with Crippen LogP contribution in [0.1, 0.15) is 33.6 Å². The predicted octanol–water partition coefficient (Wildman–Crippen LogP) is 1.66. The van der Waals surface area contributed by atoms with Gasteiger partial charge in [-0.2, -0.15) is 0 Å². The summed E-state index contributed by atoms with van der Waals surface area (Å²) in [6.07, 6.45) is 4.83. The lowest BCUT2D eigenvalue weighted by Crippen LogP contribution is -2.45. The number of piperazine rings is 1. The van der Waals surface area contributed by atoms with Crippen molar-refractivity contribution in [1.29, 1.82) is 0 Å². The lowest BCUT2D eigenvalue weighted by molar-refractivity contribution is 0.0947. The van der Waals surface area contributed by atoms with Crippen LogP contribution in [0.15, 0.2) is 24.4 Å². The minimum atomic E-state index is -0.160. The zero-order valence-corrected chi connectivity index (χ0v) is 16.6. The van der Waals surface area contributed by atoms with E-state index in [1.807, 2.05) is 24.4 Å². The third kappa shape index (κ3) is 3.80. The van der Waals surface area contributed by atoms with E-state index in [2.05, 4.69) is 32.1 Å². The Morgan fingerprint density at radius 1 is 1.25 bits per heavy atom. The first-order valence-corrected chi connectivity index (χ1v) is 9.88. The molecule has 1 aliphatic heterocycles. The van der Waals surface area contributed by atoms with Gasteiger partial charge in [-0.3, -0.25) is 4.79 Å². The number of ether oxygens (including phenoxy) is 1. The Morgan fingerprint density at radius 3 is 2.86 bits per heavy atom. The molecule has 0 radical (unpaired) electrons. The van der Waals surface area contributed by atoms with Crippen LogP contribution in [0.25, 0.3) is 0 Å². The highest BCUT2D eigenvalue weighted by atomic mass is 16.5. The van der Waals surface area contributed by atoms with Crippen molar-refractivity contribution in [2.75, 3.05) is 45.2 Å². The van der Waals surface area contributed by atoms with E-state index >= 15 is 0 Å². The Labute approximate surface area is 165 Å². The van der Waals surface area contributed by atoms with Crippen LogP contribution in [0.3, 0.4) is 0 Å². The fourth-order valence-corrected chi connectivity index (χ4v) is 3.91. The fraction of sp³-hybridized carbons (Fsp3) is 0.476. The molecule has 0 saturated carbocycles. The van der Waals surface area contributed by atoms with E-state index in [4.69, 9.17) is 4.74 Å². The number of aryl methyl sites for hydroxylation is 2. The van der Waals surface area contributed by atoms with Gasteiger partial charge in [0.25, 0.3) is 5.91 Å². The standard InChI is InChI=1S/C21H27N5O2/c1-25-9-11-26(12-10-25)19-16(6-4-8-22-19)14-23-20(27)17-13-15-5-3-7-18(15)24-21(17)28-2/h4,6,8,13H,3,5,7,9-12,14H2,1-2H3,(H,23,27). The Morgan fingerprint density at radius 2 is 2.07 bits per heavy atom. The molecule has 7 heteroatoms. The molecule has 0 bridgehead atoms. The van der Waals surface area contributed by atoms with Crippen LogP contribution in [-0.2, 0) is 19.4 Å². The normalized spacial score (nSPS) is 16.7. The molecule has 0 atom stereocenters. The molecule has 3 heterocycles. The first-order valence-electron chi connectivity index (χ1n) is 9.88. The number of carbonyl (C=O) groups excluding carboxylic acids is 1.